The summed E-state index contributed by atoms with van der Waals surface area (Å²) in [5.41, 5.74) is 6.49. The molecule has 0 unspecified atom stereocenters. The third-order valence-corrected chi connectivity index (χ3v) is 4.12. The Labute approximate surface area is 137 Å². The molecular weight excluding hydrogens is 270 g/mol. The van der Waals surface area contributed by atoms with Crippen molar-refractivity contribution in [3.8, 4) is 5.75 Å². The number of unbranched alkanes of at least 4 members (excludes halogenated alkanes) is 11. The monoisotopic (exact) mass is 305 g/mol. The van der Waals surface area contributed by atoms with Gasteiger partial charge in [0.25, 0.3) is 0 Å². The van der Waals surface area contributed by atoms with Crippen molar-refractivity contribution in [2.75, 3.05) is 12.3 Å². The van der Waals surface area contributed by atoms with E-state index in [1.807, 2.05) is 24.3 Å². The van der Waals surface area contributed by atoms with Crippen LogP contribution in [-0.2, 0) is 0 Å². The Morgan fingerprint density at radius 1 is 0.773 bits per heavy atom. The van der Waals surface area contributed by atoms with Gasteiger partial charge in [0.1, 0.15) is 5.75 Å². The lowest BCUT2D eigenvalue weighted by Gasteiger charge is -2.06. The molecule has 0 aliphatic heterocycles. The fourth-order valence-corrected chi connectivity index (χ4v) is 2.74. The fourth-order valence-electron chi connectivity index (χ4n) is 2.74. The zero-order valence-electron chi connectivity index (χ0n) is 14.5. The molecule has 0 amide bonds. The summed E-state index contributed by atoms with van der Waals surface area (Å²) in [6.07, 6.45) is 16.5. The second-order valence-corrected chi connectivity index (χ2v) is 6.31. The number of rotatable bonds is 14. The molecule has 1 aromatic rings. The van der Waals surface area contributed by atoms with Crippen LogP contribution in [0.1, 0.15) is 84.0 Å². The molecule has 0 bridgehead atoms. The Kier molecular flexibility index (Phi) is 11.6. The molecule has 0 spiro atoms. The molecule has 2 N–H and O–H groups in total. The molecule has 0 atom stereocenters. The van der Waals surface area contributed by atoms with Gasteiger partial charge < -0.3 is 10.5 Å². The SMILES string of the molecule is CCCCCCCCCCCCCCOc1cccc(N)c1. The lowest BCUT2D eigenvalue weighted by Crippen LogP contribution is -1.97. The summed E-state index contributed by atoms with van der Waals surface area (Å²) in [5.74, 6) is 0.892. The van der Waals surface area contributed by atoms with Crippen molar-refractivity contribution >= 4 is 5.69 Å². The highest BCUT2D eigenvalue weighted by atomic mass is 16.5. The first kappa shape index (κ1) is 18.9. The third kappa shape index (κ3) is 10.5. The lowest BCUT2D eigenvalue weighted by molar-refractivity contribution is 0.304. The van der Waals surface area contributed by atoms with Gasteiger partial charge in [-0.15, -0.1) is 0 Å². The van der Waals surface area contributed by atoms with E-state index >= 15 is 0 Å². The van der Waals surface area contributed by atoms with Crippen LogP contribution >= 0.6 is 0 Å². The molecule has 2 nitrogen and oxygen atoms in total. The molecular formula is C20H35NO. The van der Waals surface area contributed by atoms with Crippen molar-refractivity contribution in [3.05, 3.63) is 24.3 Å². The Morgan fingerprint density at radius 3 is 1.86 bits per heavy atom. The van der Waals surface area contributed by atoms with Crippen LogP contribution < -0.4 is 10.5 Å². The van der Waals surface area contributed by atoms with Crippen LogP contribution in [0, 0.1) is 0 Å². The maximum Gasteiger partial charge on any atom is 0.121 e. The van der Waals surface area contributed by atoms with E-state index in [4.69, 9.17) is 10.5 Å². The van der Waals surface area contributed by atoms with Crippen molar-refractivity contribution in [3.63, 3.8) is 0 Å². The number of nitrogen functional groups attached to an aromatic ring is 1. The van der Waals surface area contributed by atoms with Crippen LogP contribution in [0.5, 0.6) is 5.75 Å². The Morgan fingerprint density at radius 2 is 1.32 bits per heavy atom. The molecule has 126 valence electrons. The largest absolute Gasteiger partial charge is 0.494 e. The minimum atomic E-state index is 0.771. The highest BCUT2D eigenvalue weighted by Gasteiger charge is 1.96. The number of nitrogens with two attached hydrogens (primary N) is 1. The molecule has 1 aromatic carbocycles. The van der Waals surface area contributed by atoms with Crippen LogP contribution in [0.4, 0.5) is 5.69 Å². The normalized spacial score (nSPS) is 10.8. The van der Waals surface area contributed by atoms with E-state index in [0.29, 0.717) is 0 Å². The molecule has 0 fully saturated rings. The minimum absolute atomic E-state index is 0.771. The number of benzene rings is 1. The Hall–Kier alpha value is -1.18. The van der Waals surface area contributed by atoms with Gasteiger partial charge in [-0.2, -0.15) is 0 Å². The van der Waals surface area contributed by atoms with Gasteiger partial charge in [-0.3, -0.25) is 0 Å². The van der Waals surface area contributed by atoms with Gasteiger partial charge in [0.15, 0.2) is 0 Å². The fraction of sp³-hybridized carbons (Fsp3) is 0.700. The summed E-state index contributed by atoms with van der Waals surface area (Å²) < 4.78 is 5.70. The molecule has 0 aliphatic rings. The van der Waals surface area contributed by atoms with Gasteiger partial charge in [-0.1, -0.05) is 83.6 Å². The quantitative estimate of drug-likeness (QED) is 0.321. The average molecular weight is 306 g/mol. The smallest absolute Gasteiger partial charge is 0.121 e. The highest BCUT2D eigenvalue weighted by molar-refractivity contribution is 5.43. The second-order valence-electron chi connectivity index (χ2n) is 6.31. The van der Waals surface area contributed by atoms with E-state index in [9.17, 15) is 0 Å². The molecule has 1 rings (SSSR count). The summed E-state index contributed by atoms with van der Waals surface area (Å²) in [6.45, 7) is 3.08. The summed E-state index contributed by atoms with van der Waals surface area (Å²) >= 11 is 0. The van der Waals surface area contributed by atoms with E-state index in [-0.39, 0.29) is 0 Å². The van der Waals surface area contributed by atoms with Gasteiger partial charge in [0, 0.05) is 11.8 Å². The molecule has 0 radical (unpaired) electrons. The highest BCUT2D eigenvalue weighted by Crippen LogP contribution is 2.15. The lowest BCUT2D eigenvalue weighted by atomic mass is 10.1. The summed E-state index contributed by atoms with van der Waals surface area (Å²) in [6, 6.07) is 7.68. The maximum atomic E-state index is 5.72. The minimum Gasteiger partial charge on any atom is -0.494 e. The van der Waals surface area contributed by atoms with Crippen molar-refractivity contribution in [2.24, 2.45) is 0 Å². The summed E-state index contributed by atoms with van der Waals surface area (Å²) in [7, 11) is 0. The van der Waals surface area contributed by atoms with E-state index in [2.05, 4.69) is 6.92 Å². The number of hydrogen-bond acceptors (Lipinski definition) is 2. The van der Waals surface area contributed by atoms with Crippen LogP contribution in [0.25, 0.3) is 0 Å². The average Bonchev–Trinajstić information content (AvgIpc) is 2.52. The zero-order chi connectivity index (χ0) is 15.9. The van der Waals surface area contributed by atoms with Crippen LogP contribution in [0.15, 0.2) is 24.3 Å². The van der Waals surface area contributed by atoms with Gasteiger partial charge >= 0.3 is 0 Å². The van der Waals surface area contributed by atoms with Crippen molar-refractivity contribution in [1.82, 2.24) is 0 Å². The van der Waals surface area contributed by atoms with E-state index in [0.717, 1.165) is 24.5 Å². The maximum absolute atomic E-state index is 5.72. The molecule has 0 aliphatic carbocycles. The summed E-state index contributed by atoms with van der Waals surface area (Å²) in [5, 5.41) is 0. The van der Waals surface area contributed by atoms with Crippen LogP contribution in [0.2, 0.25) is 0 Å². The molecule has 0 saturated carbocycles. The first-order valence-electron chi connectivity index (χ1n) is 9.31. The number of hydrogen-bond donors (Lipinski definition) is 1. The topological polar surface area (TPSA) is 35.2 Å². The predicted molar refractivity (Wildman–Crippen MR) is 97.4 cm³/mol. The van der Waals surface area contributed by atoms with Gasteiger partial charge in [-0.25, -0.2) is 0 Å². The van der Waals surface area contributed by atoms with E-state index in [1.165, 1.54) is 70.6 Å². The second kappa shape index (κ2) is 13.5. The van der Waals surface area contributed by atoms with Crippen molar-refractivity contribution in [1.29, 1.82) is 0 Å². The third-order valence-electron chi connectivity index (χ3n) is 4.12. The Balaban J connectivity index is 1.80. The molecule has 0 saturated heterocycles. The van der Waals surface area contributed by atoms with Crippen molar-refractivity contribution < 1.29 is 4.74 Å². The van der Waals surface area contributed by atoms with E-state index < -0.39 is 0 Å². The number of ether oxygens (including phenoxy) is 1. The van der Waals surface area contributed by atoms with Crippen LogP contribution in [0.3, 0.4) is 0 Å². The molecule has 22 heavy (non-hydrogen) atoms. The van der Waals surface area contributed by atoms with Gasteiger partial charge in [0.2, 0.25) is 0 Å². The van der Waals surface area contributed by atoms with Gasteiger partial charge in [0.05, 0.1) is 6.61 Å². The first-order chi connectivity index (χ1) is 10.8. The zero-order valence-corrected chi connectivity index (χ0v) is 14.5. The predicted octanol–water partition coefficient (Wildman–Crippen LogP) is 6.35. The molecule has 0 heterocycles. The van der Waals surface area contributed by atoms with E-state index in [1.54, 1.807) is 0 Å². The molecule has 0 aromatic heterocycles. The Bertz CT molecular complexity index is 364. The van der Waals surface area contributed by atoms with Gasteiger partial charge in [-0.05, 0) is 18.6 Å². The van der Waals surface area contributed by atoms with Crippen LogP contribution in [-0.4, -0.2) is 6.61 Å². The standard InChI is InChI=1S/C20H35NO/c1-2-3-4-5-6-7-8-9-10-11-12-13-17-22-20-16-14-15-19(21)18-20/h14-16,18H,2-13,17,21H2,1H3. The summed E-state index contributed by atoms with van der Waals surface area (Å²) in [4.78, 5) is 0. The molecule has 2 heteroatoms. The van der Waals surface area contributed by atoms with Crippen molar-refractivity contribution in [2.45, 2.75) is 84.0 Å². The number of anilines is 1. The first-order valence-corrected chi connectivity index (χ1v) is 9.31.